The highest BCUT2D eigenvalue weighted by Crippen LogP contribution is 2.39. The molecule has 1 aromatic heterocycles. The molecule has 6 heteroatoms. The maximum absolute atomic E-state index is 12.9. The van der Waals surface area contributed by atoms with E-state index in [0.29, 0.717) is 30.8 Å². The van der Waals surface area contributed by atoms with Crippen molar-refractivity contribution in [2.45, 2.75) is 26.3 Å². The van der Waals surface area contributed by atoms with Crippen LogP contribution in [0.3, 0.4) is 0 Å². The number of aromatic nitrogens is 1. The number of amides is 1. The molecule has 3 rings (SSSR count). The minimum atomic E-state index is -0.724. The second-order valence-electron chi connectivity index (χ2n) is 6.91. The van der Waals surface area contributed by atoms with Crippen molar-refractivity contribution in [2.75, 3.05) is 20.3 Å². The summed E-state index contributed by atoms with van der Waals surface area (Å²) in [5.41, 5.74) is 2.96. The highest BCUT2D eigenvalue weighted by molar-refractivity contribution is 6.46. The number of ketones is 1. The molecule has 146 valence electrons. The predicted octanol–water partition coefficient (Wildman–Crippen LogP) is 3.16. The van der Waals surface area contributed by atoms with Crippen molar-refractivity contribution < 1.29 is 19.4 Å². The minimum Gasteiger partial charge on any atom is -0.507 e. The molecule has 1 aromatic carbocycles. The molecule has 1 unspecified atom stereocenters. The third kappa shape index (κ3) is 3.68. The van der Waals surface area contributed by atoms with Gasteiger partial charge in [0.1, 0.15) is 11.8 Å². The molecule has 1 saturated heterocycles. The zero-order valence-corrected chi connectivity index (χ0v) is 16.3. The molecule has 2 heterocycles. The largest absolute Gasteiger partial charge is 0.507 e. The van der Waals surface area contributed by atoms with E-state index in [9.17, 15) is 14.7 Å². The highest BCUT2D eigenvalue weighted by Gasteiger charge is 2.46. The van der Waals surface area contributed by atoms with Crippen LogP contribution in [0.2, 0.25) is 0 Å². The van der Waals surface area contributed by atoms with Gasteiger partial charge in [-0.15, -0.1) is 0 Å². The van der Waals surface area contributed by atoms with Crippen LogP contribution < -0.4 is 0 Å². The first-order valence-corrected chi connectivity index (χ1v) is 9.21. The Morgan fingerprint density at radius 1 is 1.21 bits per heavy atom. The first-order chi connectivity index (χ1) is 13.5. The zero-order valence-electron chi connectivity index (χ0n) is 16.3. The van der Waals surface area contributed by atoms with Crippen molar-refractivity contribution >= 4 is 17.4 Å². The van der Waals surface area contributed by atoms with Gasteiger partial charge in [0.2, 0.25) is 0 Å². The smallest absolute Gasteiger partial charge is 0.295 e. The molecule has 0 aliphatic carbocycles. The van der Waals surface area contributed by atoms with E-state index in [2.05, 4.69) is 4.98 Å². The third-order valence-corrected chi connectivity index (χ3v) is 4.90. The number of pyridine rings is 1. The van der Waals surface area contributed by atoms with Crippen LogP contribution in [0.15, 0.2) is 48.2 Å². The standard InChI is InChI=1S/C22H24N2O4/c1-14-8-9-15(2)16(13-14)20(25)18-19(17-7-4-5-10-23-17)24(11-6-12-28-3)22(27)21(18)26/h4-5,7-10,13,19,25H,6,11-12H2,1-3H3/b20-18+. The lowest BCUT2D eigenvalue weighted by molar-refractivity contribution is -0.140. The van der Waals surface area contributed by atoms with Crippen LogP contribution in [0.4, 0.5) is 0 Å². The summed E-state index contributed by atoms with van der Waals surface area (Å²) in [6.45, 7) is 4.58. The topological polar surface area (TPSA) is 79.7 Å². The number of benzene rings is 1. The van der Waals surface area contributed by atoms with Crippen LogP contribution in [-0.4, -0.2) is 46.9 Å². The van der Waals surface area contributed by atoms with Crippen molar-refractivity contribution in [1.82, 2.24) is 9.88 Å². The number of likely N-dealkylation sites (tertiary alicyclic amines) is 1. The molecule has 1 fully saturated rings. The van der Waals surface area contributed by atoms with E-state index in [1.165, 1.54) is 4.90 Å². The van der Waals surface area contributed by atoms with Gasteiger partial charge in [-0.25, -0.2) is 0 Å². The zero-order chi connectivity index (χ0) is 20.3. The lowest BCUT2D eigenvalue weighted by Gasteiger charge is -2.24. The van der Waals surface area contributed by atoms with E-state index < -0.39 is 17.7 Å². The third-order valence-electron chi connectivity index (χ3n) is 4.90. The summed E-state index contributed by atoms with van der Waals surface area (Å²) in [5, 5.41) is 11.1. The van der Waals surface area contributed by atoms with Gasteiger partial charge in [-0.2, -0.15) is 0 Å². The number of hydrogen-bond donors (Lipinski definition) is 1. The molecule has 1 atom stereocenters. The summed E-state index contributed by atoms with van der Waals surface area (Å²) in [4.78, 5) is 31.4. The molecule has 0 bridgehead atoms. The molecule has 2 aromatic rings. The maximum atomic E-state index is 12.9. The van der Waals surface area contributed by atoms with Gasteiger partial charge in [-0.05, 0) is 44.0 Å². The van der Waals surface area contributed by atoms with Crippen molar-refractivity contribution in [3.63, 3.8) is 0 Å². The van der Waals surface area contributed by atoms with Gasteiger partial charge in [0.15, 0.2) is 0 Å². The maximum Gasteiger partial charge on any atom is 0.295 e. The number of ether oxygens (including phenoxy) is 1. The number of nitrogens with zero attached hydrogens (tertiary/aromatic N) is 2. The van der Waals surface area contributed by atoms with Crippen LogP contribution >= 0.6 is 0 Å². The Morgan fingerprint density at radius 2 is 2.00 bits per heavy atom. The fourth-order valence-corrected chi connectivity index (χ4v) is 3.47. The molecule has 0 radical (unpaired) electrons. The van der Waals surface area contributed by atoms with Gasteiger partial charge < -0.3 is 14.7 Å². The lowest BCUT2D eigenvalue weighted by atomic mass is 9.95. The van der Waals surface area contributed by atoms with Gasteiger partial charge >= 0.3 is 0 Å². The molecule has 1 aliphatic heterocycles. The second-order valence-corrected chi connectivity index (χ2v) is 6.91. The summed E-state index contributed by atoms with van der Waals surface area (Å²) >= 11 is 0. The molecule has 1 amide bonds. The van der Waals surface area contributed by atoms with E-state index >= 15 is 0 Å². The van der Waals surface area contributed by atoms with Crippen molar-refractivity contribution in [3.8, 4) is 0 Å². The Bertz CT molecular complexity index is 921. The van der Waals surface area contributed by atoms with E-state index in [4.69, 9.17) is 4.74 Å². The first-order valence-electron chi connectivity index (χ1n) is 9.21. The molecule has 28 heavy (non-hydrogen) atoms. The van der Waals surface area contributed by atoms with Gasteiger partial charge in [-0.3, -0.25) is 14.6 Å². The number of carbonyl (C=O) groups is 2. The molecule has 1 N–H and O–H groups in total. The number of aryl methyl sites for hydroxylation is 2. The minimum absolute atomic E-state index is 0.0785. The molecule has 6 nitrogen and oxygen atoms in total. The Labute approximate surface area is 164 Å². The summed E-state index contributed by atoms with van der Waals surface area (Å²) in [6.07, 6.45) is 2.19. The monoisotopic (exact) mass is 380 g/mol. The van der Waals surface area contributed by atoms with E-state index in [1.807, 2.05) is 32.0 Å². The van der Waals surface area contributed by atoms with E-state index in [0.717, 1.165) is 11.1 Å². The fourth-order valence-electron chi connectivity index (χ4n) is 3.47. The number of hydrogen-bond acceptors (Lipinski definition) is 5. The normalized spacial score (nSPS) is 18.7. The predicted molar refractivity (Wildman–Crippen MR) is 106 cm³/mol. The van der Waals surface area contributed by atoms with Crippen LogP contribution in [0.5, 0.6) is 0 Å². The Hall–Kier alpha value is -2.99. The van der Waals surface area contributed by atoms with E-state index in [-0.39, 0.29) is 11.3 Å². The number of aliphatic hydroxyl groups excluding tert-OH is 1. The molecular weight excluding hydrogens is 356 g/mol. The number of rotatable bonds is 6. The van der Waals surface area contributed by atoms with Crippen molar-refractivity contribution in [1.29, 1.82) is 0 Å². The quantitative estimate of drug-likeness (QED) is 0.360. The summed E-state index contributed by atoms with van der Waals surface area (Å²) in [5.74, 6) is -1.48. The average Bonchev–Trinajstić information content (AvgIpc) is 2.95. The van der Waals surface area contributed by atoms with Crippen LogP contribution in [0.25, 0.3) is 5.76 Å². The fraction of sp³-hybridized carbons (Fsp3) is 0.318. The molecule has 1 aliphatic rings. The van der Waals surface area contributed by atoms with Crippen LogP contribution in [-0.2, 0) is 14.3 Å². The molecule has 0 saturated carbocycles. The molecular formula is C22H24N2O4. The van der Waals surface area contributed by atoms with Crippen molar-refractivity contribution in [2.24, 2.45) is 0 Å². The highest BCUT2D eigenvalue weighted by atomic mass is 16.5. The van der Waals surface area contributed by atoms with Crippen LogP contribution in [0, 0.1) is 13.8 Å². The van der Waals surface area contributed by atoms with Crippen LogP contribution in [0.1, 0.15) is 34.8 Å². The Kier molecular flexibility index (Phi) is 5.90. The summed E-state index contributed by atoms with van der Waals surface area (Å²) in [7, 11) is 1.59. The number of Topliss-reactive ketones (excluding diaryl/α,β-unsaturated/α-hetero) is 1. The number of methoxy groups -OCH3 is 1. The first kappa shape index (κ1) is 19.8. The Morgan fingerprint density at radius 3 is 2.68 bits per heavy atom. The van der Waals surface area contributed by atoms with Gasteiger partial charge in [0.05, 0.1) is 11.3 Å². The lowest BCUT2D eigenvalue weighted by Crippen LogP contribution is -2.31. The van der Waals surface area contributed by atoms with Crippen molar-refractivity contribution in [3.05, 3.63) is 70.6 Å². The van der Waals surface area contributed by atoms with Gasteiger partial charge in [-0.1, -0.05) is 23.8 Å². The van der Waals surface area contributed by atoms with E-state index in [1.54, 1.807) is 31.5 Å². The number of carbonyl (C=O) groups excluding carboxylic acids is 2. The second kappa shape index (κ2) is 8.35. The SMILES string of the molecule is COCCCN1C(=O)C(=O)/C(=C(/O)c2cc(C)ccc2C)C1c1ccccn1. The van der Waals surface area contributed by atoms with Gasteiger partial charge in [0.25, 0.3) is 11.7 Å². The molecule has 0 spiro atoms. The number of aliphatic hydroxyl groups is 1. The van der Waals surface area contributed by atoms with Gasteiger partial charge in [0, 0.05) is 32.0 Å². The summed E-state index contributed by atoms with van der Waals surface area (Å²) in [6, 6.07) is 10.2. The Balaban J connectivity index is 2.15. The average molecular weight is 380 g/mol. The summed E-state index contributed by atoms with van der Waals surface area (Å²) < 4.78 is 5.08.